The van der Waals surface area contributed by atoms with Gasteiger partial charge in [-0.25, -0.2) is 0 Å². The normalized spacial score (nSPS) is 21.7. The number of nitrogens with zero attached hydrogens (tertiary/aromatic N) is 1. The third-order valence-electron chi connectivity index (χ3n) is 2.52. The van der Waals surface area contributed by atoms with Crippen molar-refractivity contribution in [2.24, 2.45) is 5.92 Å². The smallest absolute Gasteiger partial charge is 0.0638 e. The SMILES string of the molecule is CNC(CC#N)C1CCOCC1. The first-order valence-electron chi connectivity index (χ1n) is 4.50. The summed E-state index contributed by atoms with van der Waals surface area (Å²) >= 11 is 0. The second-order valence-corrected chi connectivity index (χ2v) is 3.21. The van der Waals surface area contributed by atoms with Crippen LogP contribution < -0.4 is 5.32 Å². The molecule has 0 aromatic rings. The predicted octanol–water partition coefficient (Wildman–Crippen LogP) is 0.915. The first-order valence-corrected chi connectivity index (χ1v) is 4.50. The van der Waals surface area contributed by atoms with Crippen molar-refractivity contribution in [2.75, 3.05) is 20.3 Å². The third-order valence-corrected chi connectivity index (χ3v) is 2.52. The molecule has 0 aromatic heterocycles. The van der Waals surface area contributed by atoms with Gasteiger partial charge in [0.05, 0.1) is 12.5 Å². The molecule has 1 atom stereocenters. The van der Waals surface area contributed by atoms with E-state index in [0.29, 0.717) is 18.4 Å². The van der Waals surface area contributed by atoms with E-state index in [0.717, 1.165) is 26.1 Å². The molecule has 1 unspecified atom stereocenters. The Morgan fingerprint density at radius 2 is 2.25 bits per heavy atom. The molecular weight excluding hydrogens is 152 g/mol. The largest absolute Gasteiger partial charge is 0.381 e. The van der Waals surface area contributed by atoms with Crippen LogP contribution in [-0.4, -0.2) is 26.3 Å². The lowest BCUT2D eigenvalue weighted by Gasteiger charge is -2.28. The van der Waals surface area contributed by atoms with Gasteiger partial charge in [0.25, 0.3) is 0 Å². The van der Waals surface area contributed by atoms with E-state index in [2.05, 4.69) is 11.4 Å². The molecule has 0 radical (unpaired) electrons. The summed E-state index contributed by atoms with van der Waals surface area (Å²) in [6.45, 7) is 1.71. The highest BCUT2D eigenvalue weighted by Gasteiger charge is 2.21. The van der Waals surface area contributed by atoms with Crippen LogP contribution in [0.2, 0.25) is 0 Å². The summed E-state index contributed by atoms with van der Waals surface area (Å²) in [5, 5.41) is 11.8. The molecule has 12 heavy (non-hydrogen) atoms. The van der Waals surface area contributed by atoms with E-state index in [1.54, 1.807) is 0 Å². The maximum Gasteiger partial charge on any atom is 0.0638 e. The Hall–Kier alpha value is -0.590. The van der Waals surface area contributed by atoms with Gasteiger partial charge in [-0.05, 0) is 25.8 Å². The number of nitrogens with one attached hydrogen (secondary N) is 1. The van der Waals surface area contributed by atoms with Crippen LogP contribution in [0.5, 0.6) is 0 Å². The van der Waals surface area contributed by atoms with Crippen LogP contribution in [0.25, 0.3) is 0 Å². The molecule has 0 spiro atoms. The van der Waals surface area contributed by atoms with Crippen molar-refractivity contribution >= 4 is 0 Å². The molecule has 1 saturated heterocycles. The number of hydrogen-bond donors (Lipinski definition) is 1. The average molecular weight is 168 g/mol. The van der Waals surface area contributed by atoms with E-state index >= 15 is 0 Å². The topological polar surface area (TPSA) is 45.0 Å². The number of rotatable bonds is 3. The van der Waals surface area contributed by atoms with Crippen molar-refractivity contribution in [3.8, 4) is 6.07 Å². The second kappa shape index (κ2) is 5.13. The molecule has 1 aliphatic rings. The Kier molecular flexibility index (Phi) is 4.06. The summed E-state index contributed by atoms with van der Waals surface area (Å²) in [6, 6.07) is 2.57. The van der Waals surface area contributed by atoms with Gasteiger partial charge < -0.3 is 10.1 Å². The lowest BCUT2D eigenvalue weighted by atomic mass is 9.90. The van der Waals surface area contributed by atoms with Gasteiger partial charge in [0, 0.05) is 19.3 Å². The lowest BCUT2D eigenvalue weighted by Crippen LogP contribution is -2.36. The second-order valence-electron chi connectivity index (χ2n) is 3.21. The van der Waals surface area contributed by atoms with Crippen molar-refractivity contribution in [1.29, 1.82) is 5.26 Å². The Bertz CT molecular complexity index is 158. The molecule has 1 fully saturated rings. The van der Waals surface area contributed by atoms with E-state index in [4.69, 9.17) is 10.00 Å². The van der Waals surface area contributed by atoms with Crippen molar-refractivity contribution in [3.63, 3.8) is 0 Å². The Morgan fingerprint density at radius 3 is 2.75 bits per heavy atom. The van der Waals surface area contributed by atoms with E-state index in [9.17, 15) is 0 Å². The molecular formula is C9H16N2O. The summed E-state index contributed by atoms with van der Waals surface area (Å²) in [4.78, 5) is 0. The maximum atomic E-state index is 8.58. The zero-order valence-electron chi connectivity index (χ0n) is 7.55. The minimum Gasteiger partial charge on any atom is -0.381 e. The van der Waals surface area contributed by atoms with E-state index < -0.39 is 0 Å². The van der Waals surface area contributed by atoms with Crippen molar-refractivity contribution in [2.45, 2.75) is 25.3 Å². The average Bonchev–Trinajstić information content (AvgIpc) is 2.15. The minimum atomic E-state index is 0.360. The van der Waals surface area contributed by atoms with Gasteiger partial charge in [0.15, 0.2) is 0 Å². The molecule has 0 aliphatic carbocycles. The van der Waals surface area contributed by atoms with E-state index in [1.807, 2.05) is 7.05 Å². The number of hydrogen-bond acceptors (Lipinski definition) is 3. The molecule has 3 heteroatoms. The molecule has 1 aliphatic heterocycles. The van der Waals surface area contributed by atoms with Crippen LogP contribution in [0.1, 0.15) is 19.3 Å². The molecule has 1 N–H and O–H groups in total. The molecule has 3 nitrogen and oxygen atoms in total. The van der Waals surface area contributed by atoms with Crippen LogP contribution in [-0.2, 0) is 4.74 Å². The van der Waals surface area contributed by atoms with Gasteiger partial charge in [-0.2, -0.15) is 5.26 Å². The quantitative estimate of drug-likeness (QED) is 0.681. The van der Waals surface area contributed by atoms with Gasteiger partial charge in [-0.3, -0.25) is 0 Å². The van der Waals surface area contributed by atoms with Gasteiger partial charge in [-0.15, -0.1) is 0 Å². The molecule has 68 valence electrons. The molecule has 1 rings (SSSR count). The van der Waals surface area contributed by atoms with Gasteiger partial charge in [-0.1, -0.05) is 0 Å². The highest BCUT2D eigenvalue weighted by molar-refractivity contribution is 4.85. The molecule has 1 heterocycles. The lowest BCUT2D eigenvalue weighted by molar-refractivity contribution is 0.0553. The Balaban J connectivity index is 2.36. The minimum absolute atomic E-state index is 0.360. The van der Waals surface area contributed by atoms with Crippen LogP contribution in [0.3, 0.4) is 0 Å². The van der Waals surface area contributed by atoms with Crippen molar-refractivity contribution in [1.82, 2.24) is 5.32 Å². The van der Waals surface area contributed by atoms with Crippen molar-refractivity contribution < 1.29 is 4.74 Å². The van der Waals surface area contributed by atoms with Crippen LogP contribution in [0, 0.1) is 17.2 Å². The van der Waals surface area contributed by atoms with Crippen molar-refractivity contribution in [3.05, 3.63) is 0 Å². The van der Waals surface area contributed by atoms with Crippen LogP contribution in [0.4, 0.5) is 0 Å². The summed E-state index contributed by atoms with van der Waals surface area (Å²) in [7, 11) is 1.93. The molecule has 0 saturated carbocycles. The highest BCUT2D eigenvalue weighted by atomic mass is 16.5. The first-order chi connectivity index (χ1) is 5.88. The molecule has 0 amide bonds. The molecule has 0 aromatic carbocycles. The summed E-state index contributed by atoms with van der Waals surface area (Å²) in [6.07, 6.45) is 2.79. The van der Waals surface area contributed by atoms with E-state index in [-0.39, 0.29) is 0 Å². The van der Waals surface area contributed by atoms with Gasteiger partial charge >= 0.3 is 0 Å². The Labute approximate surface area is 73.7 Å². The third kappa shape index (κ3) is 2.47. The fourth-order valence-corrected chi connectivity index (χ4v) is 1.72. The van der Waals surface area contributed by atoms with Crippen LogP contribution in [0.15, 0.2) is 0 Å². The van der Waals surface area contributed by atoms with Crippen LogP contribution >= 0.6 is 0 Å². The predicted molar refractivity (Wildman–Crippen MR) is 46.6 cm³/mol. The maximum absolute atomic E-state index is 8.58. The standard InChI is InChI=1S/C9H16N2O/c1-11-9(2-5-10)8-3-6-12-7-4-8/h8-9,11H,2-4,6-7H2,1H3. The zero-order valence-corrected chi connectivity index (χ0v) is 7.55. The number of nitriles is 1. The first kappa shape index (κ1) is 9.50. The fraction of sp³-hybridized carbons (Fsp3) is 0.889. The van der Waals surface area contributed by atoms with Gasteiger partial charge in [0.2, 0.25) is 0 Å². The summed E-state index contributed by atoms with van der Waals surface area (Å²) in [5.41, 5.74) is 0. The van der Waals surface area contributed by atoms with E-state index in [1.165, 1.54) is 0 Å². The zero-order chi connectivity index (χ0) is 8.81. The van der Waals surface area contributed by atoms with Gasteiger partial charge in [0.1, 0.15) is 0 Å². The monoisotopic (exact) mass is 168 g/mol. The number of ether oxygens (including phenoxy) is 1. The summed E-state index contributed by atoms with van der Waals surface area (Å²) in [5.74, 6) is 0.628. The Morgan fingerprint density at radius 1 is 1.58 bits per heavy atom. The highest BCUT2D eigenvalue weighted by Crippen LogP contribution is 2.20. The fourth-order valence-electron chi connectivity index (χ4n) is 1.72. The summed E-state index contributed by atoms with van der Waals surface area (Å²) < 4.78 is 5.26. The molecule has 0 bridgehead atoms.